The van der Waals surface area contributed by atoms with Crippen molar-refractivity contribution in [3.63, 3.8) is 0 Å². The molecule has 0 bridgehead atoms. The summed E-state index contributed by atoms with van der Waals surface area (Å²) in [6, 6.07) is 12.8. The van der Waals surface area contributed by atoms with Gasteiger partial charge in [0.05, 0.1) is 5.02 Å². The molecule has 0 saturated carbocycles. The molecular formula is C16H17ClFNO. The predicted octanol–water partition coefficient (Wildman–Crippen LogP) is 4.02. The number of halogens is 2. The van der Waals surface area contributed by atoms with E-state index in [1.807, 2.05) is 18.2 Å². The zero-order valence-electron chi connectivity index (χ0n) is 11.1. The number of hydrogen-bond acceptors (Lipinski definition) is 2. The summed E-state index contributed by atoms with van der Waals surface area (Å²) in [5.74, 6) is -0.401. The fraction of sp³-hybridized carbons (Fsp3) is 0.250. The molecular weight excluding hydrogens is 277 g/mol. The molecule has 2 nitrogen and oxygen atoms in total. The van der Waals surface area contributed by atoms with Crippen LogP contribution in [-0.4, -0.2) is 11.7 Å². The van der Waals surface area contributed by atoms with Crippen LogP contribution >= 0.6 is 11.6 Å². The molecule has 0 heterocycles. The first-order valence-electron chi connectivity index (χ1n) is 6.56. The zero-order valence-corrected chi connectivity index (χ0v) is 11.8. The Kier molecular flexibility index (Phi) is 5.39. The van der Waals surface area contributed by atoms with Crippen LogP contribution in [0.15, 0.2) is 42.5 Å². The van der Waals surface area contributed by atoms with Crippen LogP contribution in [-0.2, 0) is 13.0 Å². The monoisotopic (exact) mass is 293 g/mol. The van der Waals surface area contributed by atoms with Crippen molar-refractivity contribution in [1.82, 2.24) is 0 Å². The molecule has 0 atom stereocenters. The van der Waals surface area contributed by atoms with E-state index in [9.17, 15) is 4.39 Å². The Labute approximate surface area is 123 Å². The molecule has 0 amide bonds. The van der Waals surface area contributed by atoms with Crippen molar-refractivity contribution in [2.24, 2.45) is 0 Å². The van der Waals surface area contributed by atoms with Crippen molar-refractivity contribution in [2.75, 3.05) is 11.9 Å². The number of hydrogen-bond donors (Lipinski definition) is 2. The Morgan fingerprint density at radius 3 is 2.70 bits per heavy atom. The number of aliphatic hydroxyl groups excluding tert-OH is 1. The summed E-state index contributed by atoms with van der Waals surface area (Å²) in [6.07, 6.45) is 1.62. The van der Waals surface area contributed by atoms with E-state index in [0.717, 1.165) is 24.1 Å². The van der Waals surface area contributed by atoms with Gasteiger partial charge in [-0.25, -0.2) is 4.39 Å². The first-order chi connectivity index (χ1) is 9.69. The summed E-state index contributed by atoms with van der Waals surface area (Å²) in [4.78, 5) is 0. The summed E-state index contributed by atoms with van der Waals surface area (Å²) >= 11 is 5.75. The van der Waals surface area contributed by atoms with Gasteiger partial charge in [0.25, 0.3) is 0 Å². The quantitative estimate of drug-likeness (QED) is 0.843. The molecule has 2 aromatic rings. The highest BCUT2D eigenvalue weighted by molar-refractivity contribution is 6.30. The normalized spacial score (nSPS) is 10.6. The highest BCUT2D eigenvalue weighted by Gasteiger charge is 2.01. The SMILES string of the molecule is OCCCc1cccc(NCc2ccc(F)c(Cl)c2)c1. The Hall–Kier alpha value is -1.58. The van der Waals surface area contributed by atoms with E-state index in [4.69, 9.17) is 16.7 Å². The lowest BCUT2D eigenvalue weighted by Gasteiger charge is -2.09. The van der Waals surface area contributed by atoms with Crippen molar-refractivity contribution in [2.45, 2.75) is 19.4 Å². The van der Waals surface area contributed by atoms with E-state index in [-0.39, 0.29) is 11.6 Å². The van der Waals surface area contributed by atoms with E-state index in [1.165, 1.54) is 11.6 Å². The second kappa shape index (κ2) is 7.27. The van der Waals surface area contributed by atoms with Gasteiger partial charge in [-0.2, -0.15) is 0 Å². The van der Waals surface area contributed by atoms with Crippen molar-refractivity contribution < 1.29 is 9.50 Å². The third kappa shape index (κ3) is 4.22. The molecule has 0 aromatic heterocycles. The molecule has 4 heteroatoms. The summed E-state index contributed by atoms with van der Waals surface area (Å²) in [5.41, 5.74) is 3.11. The Bertz CT molecular complexity index is 574. The van der Waals surface area contributed by atoms with E-state index in [1.54, 1.807) is 12.1 Å². The van der Waals surface area contributed by atoms with Crippen LogP contribution in [0.25, 0.3) is 0 Å². The molecule has 2 aromatic carbocycles. The summed E-state index contributed by atoms with van der Waals surface area (Å²) in [7, 11) is 0. The van der Waals surface area contributed by atoms with Crippen LogP contribution in [0.1, 0.15) is 17.5 Å². The van der Waals surface area contributed by atoms with Crippen LogP contribution in [0.3, 0.4) is 0 Å². The fourth-order valence-electron chi connectivity index (χ4n) is 1.97. The van der Waals surface area contributed by atoms with Gasteiger partial charge in [0.15, 0.2) is 0 Å². The lowest BCUT2D eigenvalue weighted by molar-refractivity contribution is 0.288. The van der Waals surface area contributed by atoms with Crippen molar-refractivity contribution in [3.05, 3.63) is 64.4 Å². The lowest BCUT2D eigenvalue weighted by atomic mass is 10.1. The first-order valence-corrected chi connectivity index (χ1v) is 6.94. The Balaban J connectivity index is 1.97. The second-order valence-corrected chi connectivity index (χ2v) is 5.04. The van der Waals surface area contributed by atoms with Crippen molar-refractivity contribution in [3.8, 4) is 0 Å². The smallest absolute Gasteiger partial charge is 0.141 e. The van der Waals surface area contributed by atoms with E-state index >= 15 is 0 Å². The number of aryl methyl sites for hydroxylation is 1. The molecule has 2 rings (SSSR count). The third-order valence-corrected chi connectivity index (χ3v) is 3.32. The average Bonchev–Trinajstić information content (AvgIpc) is 2.47. The molecule has 2 N–H and O–H groups in total. The number of aliphatic hydroxyl groups is 1. The van der Waals surface area contributed by atoms with Gasteiger partial charge in [0.2, 0.25) is 0 Å². The topological polar surface area (TPSA) is 32.3 Å². The molecule has 0 aliphatic rings. The average molecular weight is 294 g/mol. The van der Waals surface area contributed by atoms with Crippen LogP contribution in [0.2, 0.25) is 5.02 Å². The van der Waals surface area contributed by atoms with E-state index < -0.39 is 5.82 Å². The maximum Gasteiger partial charge on any atom is 0.141 e. The summed E-state index contributed by atoms with van der Waals surface area (Å²) < 4.78 is 13.1. The molecule has 0 saturated heterocycles. The molecule has 0 spiro atoms. The zero-order chi connectivity index (χ0) is 14.4. The van der Waals surface area contributed by atoms with Crippen molar-refractivity contribution >= 4 is 17.3 Å². The summed E-state index contributed by atoms with van der Waals surface area (Å²) in [6.45, 7) is 0.787. The van der Waals surface area contributed by atoms with Crippen molar-refractivity contribution in [1.29, 1.82) is 0 Å². The Morgan fingerprint density at radius 2 is 1.95 bits per heavy atom. The van der Waals surface area contributed by atoms with Gasteiger partial charge in [-0.15, -0.1) is 0 Å². The minimum absolute atomic E-state index is 0.140. The molecule has 0 aliphatic heterocycles. The first kappa shape index (κ1) is 14.8. The number of benzene rings is 2. The van der Waals surface area contributed by atoms with Gasteiger partial charge >= 0.3 is 0 Å². The number of nitrogens with one attached hydrogen (secondary N) is 1. The lowest BCUT2D eigenvalue weighted by Crippen LogP contribution is -2.00. The van der Waals surface area contributed by atoms with Crippen LogP contribution in [0.5, 0.6) is 0 Å². The highest BCUT2D eigenvalue weighted by atomic mass is 35.5. The van der Waals surface area contributed by atoms with Crippen LogP contribution in [0, 0.1) is 5.82 Å². The molecule has 20 heavy (non-hydrogen) atoms. The maximum atomic E-state index is 13.1. The van der Waals surface area contributed by atoms with Gasteiger partial charge in [-0.1, -0.05) is 29.8 Å². The summed E-state index contributed by atoms with van der Waals surface area (Å²) in [5, 5.41) is 12.3. The van der Waals surface area contributed by atoms with E-state index in [0.29, 0.717) is 6.54 Å². The van der Waals surface area contributed by atoms with Gasteiger partial charge in [0.1, 0.15) is 5.82 Å². The molecule has 106 valence electrons. The number of anilines is 1. The van der Waals surface area contributed by atoms with Gasteiger partial charge in [0, 0.05) is 18.8 Å². The molecule has 0 fully saturated rings. The predicted molar refractivity (Wildman–Crippen MR) is 80.6 cm³/mol. The van der Waals surface area contributed by atoms with Gasteiger partial charge < -0.3 is 10.4 Å². The molecule has 0 radical (unpaired) electrons. The van der Waals surface area contributed by atoms with Crippen LogP contribution < -0.4 is 5.32 Å². The van der Waals surface area contributed by atoms with Crippen LogP contribution in [0.4, 0.5) is 10.1 Å². The minimum atomic E-state index is -0.401. The largest absolute Gasteiger partial charge is 0.396 e. The van der Waals surface area contributed by atoms with Gasteiger partial charge in [-0.3, -0.25) is 0 Å². The minimum Gasteiger partial charge on any atom is -0.396 e. The maximum absolute atomic E-state index is 13.1. The fourth-order valence-corrected chi connectivity index (χ4v) is 2.18. The third-order valence-electron chi connectivity index (χ3n) is 3.03. The number of rotatable bonds is 6. The van der Waals surface area contributed by atoms with Gasteiger partial charge in [-0.05, 0) is 48.2 Å². The standard InChI is InChI=1S/C16H17ClFNO/c17-15-10-13(6-7-16(15)18)11-19-14-5-1-3-12(9-14)4-2-8-20/h1,3,5-7,9-10,19-20H,2,4,8,11H2. The highest BCUT2D eigenvalue weighted by Crippen LogP contribution is 2.18. The second-order valence-electron chi connectivity index (χ2n) is 4.63. The van der Waals surface area contributed by atoms with E-state index in [2.05, 4.69) is 11.4 Å². The molecule has 0 unspecified atom stereocenters. The Morgan fingerprint density at radius 1 is 1.10 bits per heavy atom. The molecule has 0 aliphatic carbocycles.